The number of thioether (sulfide) groups is 1. The zero-order valence-corrected chi connectivity index (χ0v) is 12.0. The van der Waals surface area contributed by atoms with Crippen molar-refractivity contribution in [3.05, 3.63) is 35.6 Å². The van der Waals surface area contributed by atoms with Crippen LogP contribution in [0.2, 0.25) is 0 Å². The SMILES string of the molecule is CSC(C)CCNC1CC(c2ccc(F)cc2)C1. The summed E-state index contributed by atoms with van der Waals surface area (Å²) in [5.41, 5.74) is 1.28. The fourth-order valence-electron chi connectivity index (χ4n) is 2.40. The minimum atomic E-state index is -0.140. The van der Waals surface area contributed by atoms with Crippen LogP contribution in [0.4, 0.5) is 4.39 Å². The Labute approximate surface area is 114 Å². The van der Waals surface area contributed by atoms with Gasteiger partial charge in [-0.05, 0) is 55.7 Å². The molecule has 1 aliphatic carbocycles. The molecule has 0 saturated heterocycles. The van der Waals surface area contributed by atoms with Gasteiger partial charge < -0.3 is 5.32 Å². The molecular weight excluding hydrogens is 245 g/mol. The van der Waals surface area contributed by atoms with Gasteiger partial charge in [0.25, 0.3) is 0 Å². The van der Waals surface area contributed by atoms with Crippen LogP contribution in [-0.2, 0) is 0 Å². The van der Waals surface area contributed by atoms with E-state index >= 15 is 0 Å². The number of rotatable bonds is 6. The van der Waals surface area contributed by atoms with Crippen molar-refractivity contribution in [2.24, 2.45) is 0 Å². The third-order valence-corrected chi connectivity index (χ3v) is 4.91. The zero-order valence-electron chi connectivity index (χ0n) is 11.2. The van der Waals surface area contributed by atoms with E-state index < -0.39 is 0 Å². The Morgan fingerprint density at radius 1 is 1.33 bits per heavy atom. The lowest BCUT2D eigenvalue weighted by Gasteiger charge is -2.36. The molecule has 0 aromatic heterocycles. The first kappa shape index (κ1) is 13.9. The molecule has 1 unspecified atom stereocenters. The molecule has 1 fully saturated rings. The summed E-state index contributed by atoms with van der Waals surface area (Å²) in [4.78, 5) is 0. The molecule has 18 heavy (non-hydrogen) atoms. The van der Waals surface area contributed by atoms with Crippen molar-refractivity contribution in [3.8, 4) is 0 Å². The topological polar surface area (TPSA) is 12.0 Å². The molecule has 0 aliphatic heterocycles. The standard InChI is InChI=1S/C15H22FNS/c1-11(18-2)7-8-17-15-9-13(10-15)12-3-5-14(16)6-4-12/h3-6,11,13,15,17H,7-10H2,1-2H3. The molecular formula is C15H22FNS. The highest BCUT2D eigenvalue weighted by Gasteiger charge is 2.29. The van der Waals surface area contributed by atoms with Crippen LogP contribution in [0.25, 0.3) is 0 Å². The fourth-order valence-corrected chi connectivity index (χ4v) is 2.75. The molecule has 3 heteroatoms. The highest BCUT2D eigenvalue weighted by molar-refractivity contribution is 7.99. The molecule has 100 valence electrons. The molecule has 1 atom stereocenters. The smallest absolute Gasteiger partial charge is 0.123 e. The summed E-state index contributed by atoms with van der Waals surface area (Å²) in [7, 11) is 0. The van der Waals surface area contributed by atoms with E-state index in [-0.39, 0.29) is 5.82 Å². The molecule has 0 bridgehead atoms. The van der Waals surface area contributed by atoms with Crippen LogP contribution in [0.15, 0.2) is 24.3 Å². The van der Waals surface area contributed by atoms with Gasteiger partial charge in [0, 0.05) is 11.3 Å². The molecule has 1 aromatic carbocycles. The first-order valence-corrected chi connectivity index (χ1v) is 7.99. The quantitative estimate of drug-likeness (QED) is 0.841. The summed E-state index contributed by atoms with van der Waals surface area (Å²) in [6, 6.07) is 7.64. The van der Waals surface area contributed by atoms with Gasteiger partial charge in [0.15, 0.2) is 0 Å². The Bertz CT molecular complexity index is 359. The van der Waals surface area contributed by atoms with E-state index in [0.717, 1.165) is 11.8 Å². The summed E-state index contributed by atoms with van der Waals surface area (Å²) < 4.78 is 12.8. The van der Waals surface area contributed by atoms with Crippen molar-refractivity contribution >= 4 is 11.8 Å². The predicted octanol–water partition coefficient (Wildman–Crippen LogP) is 3.80. The fraction of sp³-hybridized carbons (Fsp3) is 0.600. The van der Waals surface area contributed by atoms with Crippen molar-refractivity contribution in [2.45, 2.75) is 43.4 Å². The molecule has 1 N–H and O–H groups in total. The van der Waals surface area contributed by atoms with Crippen LogP contribution >= 0.6 is 11.8 Å². The van der Waals surface area contributed by atoms with Gasteiger partial charge >= 0.3 is 0 Å². The largest absolute Gasteiger partial charge is 0.314 e. The lowest BCUT2D eigenvalue weighted by molar-refractivity contribution is 0.290. The molecule has 1 nitrogen and oxygen atoms in total. The van der Waals surface area contributed by atoms with E-state index in [1.807, 2.05) is 23.9 Å². The Morgan fingerprint density at radius 2 is 2.00 bits per heavy atom. The van der Waals surface area contributed by atoms with Crippen LogP contribution < -0.4 is 5.32 Å². The minimum absolute atomic E-state index is 0.140. The van der Waals surface area contributed by atoms with Crippen molar-refractivity contribution < 1.29 is 4.39 Å². The van der Waals surface area contributed by atoms with Crippen LogP contribution in [0.1, 0.15) is 37.7 Å². The number of nitrogens with one attached hydrogen (secondary N) is 1. The maximum Gasteiger partial charge on any atom is 0.123 e. The van der Waals surface area contributed by atoms with Crippen molar-refractivity contribution in [3.63, 3.8) is 0 Å². The van der Waals surface area contributed by atoms with Crippen LogP contribution in [0.3, 0.4) is 0 Å². The Balaban J connectivity index is 1.66. The van der Waals surface area contributed by atoms with E-state index in [0.29, 0.717) is 12.0 Å². The minimum Gasteiger partial charge on any atom is -0.314 e. The van der Waals surface area contributed by atoms with E-state index in [1.165, 1.54) is 24.8 Å². The molecule has 2 rings (SSSR count). The summed E-state index contributed by atoms with van der Waals surface area (Å²) in [6.07, 6.45) is 5.79. The lowest BCUT2D eigenvalue weighted by atomic mass is 9.76. The Kier molecular flexibility index (Phi) is 5.07. The highest BCUT2D eigenvalue weighted by Crippen LogP contribution is 2.36. The Morgan fingerprint density at radius 3 is 2.61 bits per heavy atom. The summed E-state index contributed by atoms with van der Waals surface area (Å²) >= 11 is 1.93. The normalized spacial score (nSPS) is 24.6. The molecule has 0 amide bonds. The maximum atomic E-state index is 12.8. The third-order valence-electron chi connectivity index (χ3n) is 3.87. The molecule has 0 radical (unpaired) electrons. The van der Waals surface area contributed by atoms with Gasteiger partial charge in [-0.1, -0.05) is 19.1 Å². The van der Waals surface area contributed by atoms with Crippen molar-refractivity contribution in [1.29, 1.82) is 0 Å². The second kappa shape index (κ2) is 6.58. The first-order chi connectivity index (χ1) is 8.69. The average Bonchev–Trinajstić information content (AvgIpc) is 2.33. The highest BCUT2D eigenvalue weighted by atomic mass is 32.2. The van der Waals surface area contributed by atoms with Crippen LogP contribution in [-0.4, -0.2) is 24.1 Å². The van der Waals surface area contributed by atoms with E-state index in [9.17, 15) is 4.39 Å². The predicted molar refractivity (Wildman–Crippen MR) is 77.8 cm³/mol. The number of benzene rings is 1. The molecule has 0 heterocycles. The zero-order chi connectivity index (χ0) is 13.0. The van der Waals surface area contributed by atoms with E-state index in [2.05, 4.69) is 18.5 Å². The van der Waals surface area contributed by atoms with Gasteiger partial charge in [0.1, 0.15) is 5.82 Å². The van der Waals surface area contributed by atoms with Crippen molar-refractivity contribution in [1.82, 2.24) is 5.32 Å². The number of hydrogen-bond acceptors (Lipinski definition) is 2. The van der Waals surface area contributed by atoms with Gasteiger partial charge in [-0.3, -0.25) is 0 Å². The monoisotopic (exact) mass is 267 g/mol. The number of hydrogen-bond donors (Lipinski definition) is 1. The second-order valence-electron chi connectivity index (χ2n) is 5.21. The lowest BCUT2D eigenvalue weighted by Crippen LogP contribution is -2.40. The first-order valence-electron chi connectivity index (χ1n) is 6.70. The summed E-state index contributed by atoms with van der Waals surface area (Å²) in [5.74, 6) is 0.486. The van der Waals surface area contributed by atoms with Gasteiger partial charge in [-0.25, -0.2) is 4.39 Å². The summed E-state index contributed by atoms with van der Waals surface area (Å²) in [5, 5.41) is 4.35. The van der Waals surface area contributed by atoms with Gasteiger partial charge in [0.2, 0.25) is 0 Å². The average molecular weight is 267 g/mol. The van der Waals surface area contributed by atoms with Crippen LogP contribution in [0.5, 0.6) is 0 Å². The number of halogens is 1. The van der Waals surface area contributed by atoms with Crippen molar-refractivity contribution in [2.75, 3.05) is 12.8 Å². The molecule has 1 saturated carbocycles. The van der Waals surface area contributed by atoms with Gasteiger partial charge in [0.05, 0.1) is 0 Å². The van der Waals surface area contributed by atoms with Gasteiger partial charge in [-0.2, -0.15) is 11.8 Å². The molecule has 1 aliphatic rings. The second-order valence-corrected chi connectivity index (χ2v) is 6.48. The van der Waals surface area contributed by atoms with E-state index in [1.54, 1.807) is 12.1 Å². The Hall–Kier alpha value is -0.540. The molecule has 1 aromatic rings. The molecule has 0 spiro atoms. The van der Waals surface area contributed by atoms with Crippen LogP contribution in [0, 0.1) is 5.82 Å². The van der Waals surface area contributed by atoms with E-state index in [4.69, 9.17) is 0 Å². The van der Waals surface area contributed by atoms with Gasteiger partial charge in [-0.15, -0.1) is 0 Å². The maximum absolute atomic E-state index is 12.8. The third kappa shape index (κ3) is 3.72. The summed E-state index contributed by atoms with van der Waals surface area (Å²) in [6.45, 7) is 3.39.